The summed E-state index contributed by atoms with van der Waals surface area (Å²) in [7, 11) is -3.64. The molecule has 158 valence electrons. The standard InChI is InChI=1S/C21H24ClN5O2S/c1-14-4-7-17(8-5-14)26-20-12-16(3)25-21(27-20)23-10-11-24-30(28,29)18-9-6-15(2)19(22)13-18/h4-9,12-13,24H,10-11H2,1-3H3,(H2,23,25,26,27). The predicted octanol–water partition coefficient (Wildman–Crippen LogP) is 4.19. The molecule has 3 N–H and O–H groups in total. The summed E-state index contributed by atoms with van der Waals surface area (Å²) in [6.07, 6.45) is 0. The largest absolute Gasteiger partial charge is 0.353 e. The monoisotopic (exact) mass is 445 g/mol. The number of rotatable bonds is 8. The van der Waals surface area contributed by atoms with E-state index in [1.54, 1.807) is 6.07 Å². The second-order valence-electron chi connectivity index (χ2n) is 6.94. The van der Waals surface area contributed by atoms with Gasteiger partial charge in [-0.25, -0.2) is 18.1 Å². The van der Waals surface area contributed by atoms with Crippen LogP contribution in [0.2, 0.25) is 5.02 Å². The van der Waals surface area contributed by atoms with Gasteiger partial charge in [0, 0.05) is 35.6 Å². The van der Waals surface area contributed by atoms with Crippen molar-refractivity contribution in [2.45, 2.75) is 25.7 Å². The lowest BCUT2D eigenvalue weighted by Gasteiger charge is -2.11. The van der Waals surface area contributed by atoms with Crippen LogP contribution in [0.25, 0.3) is 0 Å². The van der Waals surface area contributed by atoms with Gasteiger partial charge in [0.25, 0.3) is 0 Å². The Morgan fingerprint density at radius 1 is 0.933 bits per heavy atom. The molecule has 0 atom stereocenters. The number of benzene rings is 2. The molecular formula is C21H24ClN5O2S. The van der Waals surface area contributed by atoms with Crippen LogP contribution in [0.5, 0.6) is 0 Å². The van der Waals surface area contributed by atoms with E-state index in [4.69, 9.17) is 11.6 Å². The molecule has 0 aliphatic rings. The van der Waals surface area contributed by atoms with Crippen LogP contribution in [0, 0.1) is 20.8 Å². The molecule has 2 aromatic carbocycles. The molecule has 0 fully saturated rings. The summed E-state index contributed by atoms with van der Waals surface area (Å²) in [5, 5.41) is 6.71. The number of hydrogen-bond donors (Lipinski definition) is 3. The van der Waals surface area contributed by atoms with Gasteiger partial charge in [-0.3, -0.25) is 0 Å². The molecule has 1 heterocycles. The summed E-state index contributed by atoms with van der Waals surface area (Å²) in [4.78, 5) is 8.92. The first-order valence-electron chi connectivity index (χ1n) is 9.42. The Kier molecular flexibility index (Phi) is 6.91. The second-order valence-corrected chi connectivity index (χ2v) is 9.12. The van der Waals surface area contributed by atoms with Crippen LogP contribution in [0.15, 0.2) is 53.4 Å². The molecule has 3 aromatic rings. The summed E-state index contributed by atoms with van der Waals surface area (Å²) in [6, 6.07) is 14.5. The van der Waals surface area contributed by atoms with E-state index in [1.807, 2.05) is 51.1 Å². The maximum atomic E-state index is 12.4. The van der Waals surface area contributed by atoms with Gasteiger partial charge >= 0.3 is 0 Å². The SMILES string of the molecule is Cc1ccc(Nc2cc(C)nc(NCCNS(=O)(=O)c3ccc(C)c(Cl)c3)n2)cc1. The van der Waals surface area contributed by atoms with Gasteiger partial charge < -0.3 is 10.6 Å². The lowest BCUT2D eigenvalue weighted by molar-refractivity contribution is 0.583. The zero-order valence-electron chi connectivity index (χ0n) is 17.0. The number of sulfonamides is 1. The first kappa shape index (κ1) is 22.0. The van der Waals surface area contributed by atoms with Gasteiger partial charge in [0.05, 0.1) is 4.90 Å². The van der Waals surface area contributed by atoms with Crippen molar-refractivity contribution in [1.29, 1.82) is 0 Å². The minimum atomic E-state index is -3.64. The van der Waals surface area contributed by atoms with Crippen LogP contribution >= 0.6 is 11.6 Å². The first-order chi connectivity index (χ1) is 14.2. The van der Waals surface area contributed by atoms with E-state index in [1.165, 1.54) is 17.7 Å². The summed E-state index contributed by atoms with van der Waals surface area (Å²) >= 11 is 6.03. The van der Waals surface area contributed by atoms with E-state index in [-0.39, 0.29) is 11.4 Å². The number of nitrogens with one attached hydrogen (secondary N) is 3. The van der Waals surface area contributed by atoms with Gasteiger partial charge in [0.1, 0.15) is 5.82 Å². The Balaban J connectivity index is 1.58. The van der Waals surface area contributed by atoms with Crippen molar-refractivity contribution in [3.05, 3.63) is 70.4 Å². The Morgan fingerprint density at radius 3 is 2.37 bits per heavy atom. The Morgan fingerprint density at radius 2 is 1.67 bits per heavy atom. The lowest BCUT2D eigenvalue weighted by atomic mass is 10.2. The van der Waals surface area contributed by atoms with Gasteiger partial charge in [-0.2, -0.15) is 4.98 Å². The van der Waals surface area contributed by atoms with Gasteiger partial charge in [0.2, 0.25) is 16.0 Å². The molecule has 0 radical (unpaired) electrons. The van der Waals surface area contributed by atoms with Gasteiger partial charge in [0.15, 0.2) is 0 Å². The van der Waals surface area contributed by atoms with E-state index in [0.717, 1.165) is 16.9 Å². The summed E-state index contributed by atoms with van der Waals surface area (Å²) in [5.41, 5.74) is 3.72. The van der Waals surface area contributed by atoms with E-state index in [0.29, 0.717) is 23.3 Å². The third-order valence-electron chi connectivity index (χ3n) is 4.33. The van der Waals surface area contributed by atoms with E-state index in [9.17, 15) is 8.42 Å². The fourth-order valence-corrected chi connectivity index (χ4v) is 3.98. The minimum absolute atomic E-state index is 0.134. The number of nitrogens with zero attached hydrogens (tertiary/aromatic N) is 2. The van der Waals surface area contributed by atoms with Gasteiger partial charge in [-0.05, 0) is 50.6 Å². The smallest absolute Gasteiger partial charge is 0.240 e. The zero-order valence-corrected chi connectivity index (χ0v) is 18.6. The Labute approximate surface area is 182 Å². The quantitative estimate of drug-likeness (QED) is 0.450. The molecule has 0 unspecified atom stereocenters. The number of hydrogen-bond acceptors (Lipinski definition) is 6. The number of anilines is 3. The van der Waals surface area contributed by atoms with Crippen LogP contribution in [0.1, 0.15) is 16.8 Å². The molecular weight excluding hydrogens is 422 g/mol. The first-order valence-corrected chi connectivity index (χ1v) is 11.3. The molecule has 0 amide bonds. The van der Waals surface area contributed by atoms with Gasteiger partial charge in [-0.15, -0.1) is 0 Å². The van der Waals surface area contributed by atoms with E-state index < -0.39 is 10.0 Å². The lowest BCUT2D eigenvalue weighted by Crippen LogP contribution is -2.29. The van der Waals surface area contributed by atoms with Crippen LogP contribution in [0.4, 0.5) is 17.5 Å². The fraction of sp³-hybridized carbons (Fsp3) is 0.238. The summed E-state index contributed by atoms with van der Waals surface area (Å²) in [6.45, 7) is 6.22. The van der Waals surface area contributed by atoms with Crippen molar-refractivity contribution in [3.8, 4) is 0 Å². The minimum Gasteiger partial charge on any atom is -0.353 e. The summed E-state index contributed by atoms with van der Waals surface area (Å²) in [5.74, 6) is 1.07. The highest BCUT2D eigenvalue weighted by molar-refractivity contribution is 7.89. The molecule has 9 heteroatoms. The highest BCUT2D eigenvalue weighted by atomic mass is 35.5. The zero-order chi connectivity index (χ0) is 21.7. The average molecular weight is 446 g/mol. The highest BCUT2D eigenvalue weighted by Crippen LogP contribution is 2.20. The van der Waals surface area contributed by atoms with E-state index >= 15 is 0 Å². The molecule has 0 saturated heterocycles. The predicted molar refractivity (Wildman–Crippen MR) is 121 cm³/mol. The Hall–Kier alpha value is -2.68. The molecule has 30 heavy (non-hydrogen) atoms. The van der Waals surface area contributed by atoms with Crippen molar-refractivity contribution >= 4 is 39.1 Å². The maximum absolute atomic E-state index is 12.4. The molecule has 0 aliphatic carbocycles. The average Bonchev–Trinajstić information content (AvgIpc) is 2.69. The van der Waals surface area contributed by atoms with Crippen LogP contribution in [-0.4, -0.2) is 31.5 Å². The third-order valence-corrected chi connectivity index (χ3v) is 6.20. The van der Waals surface area contributed by atoms with Crippen LogP contribution in [-0.2, 0) is 10.0 Å². The molecule has 3 rings (SSSR count). The molecule has 7 nitrogen and oxygen atoms in total. The molecule has 0 aliphatic heterocycles. The number of aryl methyl sites for hydroxylation is 3. The maximum Gasteiger partial charge on any atom is 0.240 e. The number of halogens is 1. The molecule has 0 saturated carbocycles. The Bertz CT molecular complexity index is 1130. The molecule has 0 spiro atoms. The molecule has 1 aromatic heterocycles. The van der Waals surface area contributed by atoms with Crippen molar-refractivity contribution in [2.24, 2.45) is 0 Å². The fourth-order valence-electron chi connectivity index (χ4n) is 2.68. The third kappa shape index (κ3) is 5.91. The second kappa shape index (κ2) is 9.42. The van der Waals surface area contributed by atoms with Gasteiger partial charge in [-0.1, -0.05) is 35.4 Å². The van der Waals surface area contributed by atoms with Crippen molar-refractivity contribution in [1.82, 2.24) is 14.7 Å². The van der Waals surface area contributed by atoms with Crippen LogP contribution < -0.4 is 15.4 Å². The van der Waals surface area contributed by atoms with Crippen molar-refractivity contribution in [2.75, 3.05) is 23.7 Å². The van der Waals surface area contributed by atoms with Crippen LogP contribution in [0.3, 0.4) is 0 Å². The highest BCUT2D eigenvalue weighted by Gasteiger charge is 2.14. The van der Waals surface area contributed by atoms with E-state index in [2.05, 4.69) is 25.3 Å². The van der Waals surface area contributed by atoms with Crippen molar-refractivity contribution in [3.63, 3.8) is 0 Å². The molecule has 0 bridgehead atoms. The topological polar surface area (TPSA) is 96.0 Å². The van der Waals surface area contributed by atoms with Crippen molar-refractivity contribution < 1.29 is 8.42 Å². The normalized spacial score (nSPS) is 11.3. The summed E-state index contributed by atoms with van der Waals surface area (Å²) < 4.78 is 27.4. The number of aromatic nitrogens is 2.